The second-order valence-electron chi connectivity index (χ2n) is 4.62. The number of carbonyl (C=O) groups excluding carboxylic acids is 1. The highest BCUT2D eigenvalue weighted by atomic mass is 19.1. The Labute approximate surface area is 126 Å². The summed E-state index contributed by atoms with van der Waals surface area (Å²) in [5.41, 5.74) is 0.187. The Morgan fingerprint density at radius 3 is 2.64 bits per heavy atom. The summed E-state index contributed by atoms with van der Waals surface area (Å²) in [6, 6.07) is 6.01. The predicted molar refractivity (Wildman–Crippen MR) is 75.3 cm³/mol. The Balaban J connectivity index is 2.39. The normalized spacial score (nSPS) is 10.5. The SMILES string of the molecule is CCc1nc(C(=O)N(C)CC(=O)O)nn1-c1ccccc1F. The molecule has 0 aliphatic rings. The van der Waals surface area contributed by atoms with Gasteiger partial charge in [-0.2, -0.15) is 0 Å². The first-order valence-electron chi connectivity index (χ1n) is 6.62. The van der Waals surface area contributed by atoms with E-state index in [1.54, 1.807) is 19.1 Å². The van der Waals surface area contributed by atoms with E-state index in [4.69, 9.17) is 5.11 Å². The number of carboxylic acid groups (broad SMARTS) is 1. The number of likely N-dealkylation sites (N-methyl/N-ethyl adjacent to an activating group) is 1. The van der Waals surface area contributed by atoms with Crippen molar-refractivity contribution in [2.24, 2.45) is 0 Å². The summed E-state index contributed by atoms with van der Waals surface area (Å²) in [7, 11) is 1.34. The van der Waals surface area contributed by atoms with E-state index < -0.39 is 24.2 Å². The van der Waals surface area contributed by atoms with Crippen LogP contribution in [-0.4, -0.2) is 50.2 Å². The van der Waals surface area contributed by atoms with E-state index in [9.17, 15) is 14.0 Å². The van der Waals surface area contributed by atoms with Crippen LogP contribution in [0.15, 0.2) is 24.3 Å². The van der Waals surface area contributed by atoms with Gasteiger partial charge in [0.25, 0.3) is 5.91 Å². The molecule has 1 aromatic carbocycles. The van der Waals surface area contributed by atoms with Gasteiger partial charge in [0, 0.05) is 13.5 Å². The Kier molecular flexibility index (Phi) is 4.50. The van der Waals surface area contributed by atoms with Gasteiger partial charge in [-0.15, -0.1) is 5.10 Å². The van der Waals surface area contributed by atoms with Crippen molar-refractivity contribution in [1.29, 1.82) is 0 Å². The van der Waals surface area contributed by atoms with Crippen LogP contribution in [0.25, 0.3) is 5.69 Å². The van der Waals surface area contributed by atoms with Crippen molar-refractivity contribution in [1.82, 2.24) is 19.7 Å². The van der Waals surface area contributed by atoms with Crippen molar-refractivity contribution in [3.05, 3.63) is 41.7 Å². The van der Waals surface area contributed by atoms with Gasteiger partial charge in [-0.1, -0.05) is 19.1 Å². The summed E-state index contributed by atoms with van der Waals surface area (Å²) >= 11 is 0. The standard InChI is InChI=1S/C14H15FN4O3/c1-3-11-16-13(14(22)18(2)8-12(20)21)17-19(11)10-7-5-4-6-9(10)15/h4-7H,3,8H2,1-2H3,(H,20,21). The lowest BCUT2D eigenvalue weighted by Crippen LogP contribution is -2.32. The number of nitrogens with zero attached hydrogens (tertiary/aromatic N) is 4. The van der Waals surface area contributed by atoms with Crippen LogP contribution in [0.5, 0.6) is 0 Å². The summed E-state index contributed by atoms with van der Waals surface area (Å²) in [5.74, 6) is -2.01. The molecule has 0 fully saturated rings. The first-order chi connectivity index (χ1) is 10.4. The molecule has 116 valence electrons. The molecular weight excluding hydrogens is 291 g/mol. The minimum Gasteiger partial charge on any atom is -0.480 e. The highest BCUT2D eigenvalue weighted by molar-refractivity contribution is 5.92. The molecule has 8 heteroatoms. The molecule has 1 amide bonds. The summed E-state index contributed by atoms with van der Waals surface area (Å²) in [5, 5.41) is 12.7. The molecule has 0 radical (unpaired) electrons. The van der Waals surface area contributed by atoms with Gasteiger partial charge in [0.1, 0.15) is 23.9 Å². The number of hydrogen-bond donors (Lipinski definition) is 1. The zero-order chi connectivity index (χ0) is 16.3. The lowest BCUT2D eigenvalue weighted by molar-refractivity contribution is -0.137. The summed E-state index contributed by atoms with van der Waals surface area (Å²) < 4.78 is 15.1. The van der Waals surface area contributed by atoms with Crippen molar-refractivity contribution < 1.29 is 19.1 Å². The predicted octanol–water partition coefficient (Wildman–Crippen LogP) is 1.13. The third-order valence-corrected chi connectivity index (χ3v) is 2.98. The van der Waals surface area contributed by atoms with Crippen molar-refractivity contribution in [3.8, 4) is 5.69 Å². The highest BCUT2D eigenvalue weighted by Crippen LogP contribution is 2.15. The molecule has 0 saturated carbocycles. The second-order valence-corrected chi connectivity index (χ2v) is 4.62. The van der Waals surface area contributed by atoms with Gasteiger partial charge < -0.3 is 10.0 Å². The van der Waals surface area contributed by atoms with E-state index in [1.807, 2.05) is 0 Å². The fourth-order valence-corrected chi connectivity index (χ4v) is 1.93. The van der Waals surface area contributed by atoms with Gasteiger partial charge in [0.05, 0.1) is 0 Å². The van der Waals surface area contributed by atoms with E-state index in [0.29, 0.717) is 12.2 Å². The average Bonchev–Trinajstić information content (AvgIpc) is 2.90. The summed E-state index contributed by atoms with van der Waals surface area (Å²) in [6.07, 6.45) is 0.442. The molecular formula is C14H15FN4O3. The summed E-state index contributed by atoms with van der Waals surface area (Å²) in [6.45, 7) is 1.34. The van der Waals surface area contributed by atoms with E-state index in [2.05, 4.69) is 10.1 Å². The number of aromatic nitrogens is 3. The van der Waals surface area contributed by atoms with Crippen LogP contribution >= 0.6 is 0 Å². The minimum absolute atomic E-state index is 0.163. The Morgan fingerprint density at radius 1 is 1.36 bits per heavy atom. The third-order valence-electron chi connectivity index (χ3n) is 2.98. The van der Waals surface area contributed by atoms with E-state index >= 15 is 0 Å². The van der Waals surface area contributed by atoms with Gasteiger partial charge in [-0.25, -0.2) is 14.1 Å². The molecule has 1 N–H and O–H groups in total. The summed E-state index contributed by atoms with van der Waals surface area (Å²) in [4.78, 5) is 27.8. The minimum atomic E-state index is -1.14. The van der Waals surface area contributed by atoms with Crippen molar-refractivity contribution in [2.45, 2.75) is 13.3 Å². The zero-order valence-electron chi connectivity index (χ0n) is 12.2. The molecule has 22 heavy (non-hydrogen) atoms. The topological polar surface area (TPSA) is 88.3 Å². The molecule has 0 spiro atoms. The Hall–Kier alpha value is -2.77. The monoisotopic (exact) mass is 306 g/mol. The number of para-hydroxylation sites is 1. The Morgan fingerprint density at radius 2 is 2.05 bits per heavy atom. The number of halogens is 1. The molecule has 1 heterocycles. The van der Waals surface area contributed by atoms with Crippen molar-refractivity contribution in [2.75, 3.05) is 13.6 Å². The third kappa shape index (κ3) is 3.11. The number of aliphatic carboxylic acids is 1. The lowest BCUT2D eigenvalue weighted by Gasteiger charge is -2.11. The number of hydrogen-bond acceptors (Lipinski definition) is 4. The number of aryl methyl sites for hydroxylation is 1. The molecule has 2 aromatic rings. The van der Waals surface area contributed by atoms with Crippen LogP contribution in [0.3, 0.4) is 0 Å². The fraction of sp³-hybridized carbons (Fsp3) is 0.286. The molecule has 7 nitrogen and oxygen atoms in total. The molecule has 1 aromatic heterocycles. The van der Waals surface area contributed by atoms with E-state index in [1.165, 1.54) is 23.9 Å². The first-order valence-corrected chi connectivity index (χ1v) is 6.62. The maximum Gasteiger partial charge on any atom is 0.323 e. The second kappa shape index (κ2) is 6.33. The molecule has 0 unspecified atom stereocenters. The van der Waals surface area contributed by atoms with Crippen LogP contribution < -0.4 is 0 Å². The smallest absolute Gasteiger partial charge is 0.323 e. The van der Waals surface area contributed by atoms with Crippen molar-refractivity contribution in [3.63, 3.8) is 0 Å². The van der Waals surface area contributed by atoms with Gasteiger partial charge in [-0.05, 0) is 12.1 Å². The lowest BCUT2D eigenvalue weighted by atomic mass is 10.3. The molecule has 0 aliphatic heterocycles. The molecule has 2 rings (SSSR count). The number of carboxylic acids is 1. The first kappa shape index (κ1) is 15.6. The van der Waals surface area contributed by atoms with Crippen molar-refractivity contribution >= 4 is 11.9 Å². The van der Waals surface area contributed by atoms with Crippen LogP contribution in [0.4, 0.5) is 4.39 Å². The van der Waals surface area contributed by atoms with Crippen LogP contribution in [0, 0.1) is 5.82 Å². The van der Waals surface area contributed by atoms with Gasteiger partial charge in [0.2, 0.25) is 5.82 Å². The molecule has 0 saturated heterocycles. The number of carbonyl (C=O) groups is 2. The quantitative estimate of drug-likeness (QED) is 0.894. The van der Waals surface area contributed by atoms with Gasteiger partial charge in [0.15, 0.2) is 0 Å². The van der Waals surface area contributed by atoms with E-state index in [-0.39, 0.29) is 11.5 Å². The molecule has 0 aliphatic carbocycles. The van der Waals surface area contributed by atoms with Crippen LogP contribution in [0.1, 0.15) is 23.4 Å². The highest BCUT2D eigenvalue weighted by Gasteiger charge is 2.22. The number of rotatable bonds is 5. The van der Waals surface area contributed by atoms with Crippen LogP contribution in [0.2, 0.25) is 0 Å². The largest absolute Gasteiger partial charge is 0.480 e. The Bertz CT molecular complexity index is 714. The number of benzene rings is 1. The van der Waals surface area contributed by atoms with Gasteiger partial charge >= 0.3 is 5.97 Å². The maximum absolute atomic E-state index is 13.9. The zero-order valence-corrected chi connectivity index (χ0v) is 12.2. The number of amides is 1. The molecule has 0 atom stereocenters. The average molecular weight is 306 g/mol. The molecule has 0 bridgehead atoms. The van der Waals surface area contributed by atoms with E-state index in [0.717, 1.165) is 4.90 Å². The fourth-order valence-electron chi connectivity index (χ4n) is 1.93. The van der Waals surface area contributed by atoms with Crippen LogP contribution in [-0.2, 0) is 11.2 Å². The maximum atomic E-state index is 13.9. The van der Waals surface area contributed by atoms with Gasteiger partial charge in [-0.3, -0.25) is 9.59 Å².